The second-order valence-corrected chi connectivity index (χ2v) is 8.37. The number of alkyl halides is 3. The van der Waals surface area contributed by atoms with Crippen LogP contribution >= 0.6 is 0 Å². The lowest BCUT2D eigenvalue weighted by atomic mass is 10.1. The average molecular weight is 496 g/mol. The number of hydrogen-bond acceptors (Lipinski definition) is 6. The zero-order valence-electron chi connectivity index (χ0n) is 19.8. The maximum Gasteiger partial charge on any atom is 0.434 e. The molecule has 0 bridgehead atoms. The first-order valence-electron chi connectivity index (χ1n) is 11.2. The van der Waals surface area contributed by atoms with Gasteiger partial charge in [0.05, 0.1) is 25.0 Å². The fourth-order valence-electron chi connectivity index (χ4n) is 3.78. The number of carbonyl (C=O) groups is 3. The van der Waals surface area contributed by atoms with Gasteiger partial charge in [-0.05, 0) is 45.0 Å². The molecule has 1 aromatic heterocycles. The second-order valence-electron chi connectivity index (χ2n) is 8.37. The summed E-state index contributed by atoms with van der Waals surface area (Å²) in [6.07, 6.45) is -4.03. The van der Waals surface area contributed by atoms with Gasteiger partial charge in [-0.3, -0.25) is 14.5 Å². The van der Waals surface area contributed by atoms with E-state index in [4.69, 9.17) is 4.74 Å². The number of ether oxygens (including phenoxy) is 1. The first-order valence-corrected chi connectivity index (χ1v) is 11.2. The van der Waals surface area contributed by atoms with Crippen LogP contribution in [0.4, 0.5) is 13.2 Å². The van der Waals surface area contributed by atoms with E-state index in [0.29, 0.717) is 36.4 Å². The Hall–Kier alpha value is -3.41. The molecule has 0 unspecified atom stereocenters. The quantitative estimate of drug-likeness (QED) is 0.593. The van der Waals surface area contributed by atoms with Crippen LogP contribution in [0.2, 0.25) is 0 Å². The van der Waals surface area contributed by atoms with Crippen molar-refractivity contribution in [2.24, 2.45) is 0 Å². The Morgan fingerprint density at radius 1 is 1.09 bits per heavy atom. The highest BCUT2D eigenvalue weighted by atomic mass is 19.4. The van der Waals surface area contributed by atoms with Crippen molar-refractivity contribution >= 4 is 17.8 Å². The van der Waals surface area contributed by atoms with Gasteiger partial charge in [-0.25, -0.2) is 9.48 Å². The molecule has 1 aliphatic rings. The van der Waals surface area contributed by atoms with Crippen molar-refractivity contribution in [3.8, 4) is 5.69 Å². The molecule has 2 heterocycles. The number of benzene rings is 1. The first kappa shape index (κ1) is 26.2. The fourth-order valence-corrected chi connectivity index (χ4v) is 3.78. The predicted octanol–water partition coefficient (Wildman–Crippen LogP) is 2.35. The molecule has 0 atom stereocenters. The van der Waals surface area contributed by atoms with Crippen LogP contribution in [0, 0.1) is 0 Å². The Balaban J connectivity index is 1.69. The second kappa shape index (κ2) is 10.9. The minimum Gasteiger partial charge on any atom is -0.462 e. The molecular weight excluding hydrogens is 467 g/mol. The summed E-state index contributed by atoms with van der Waals surface area (Å²) in [6, 6.07) is 5.59. The third-order valence-corrected chi connectivity index (χ3v) is 5.37. The van der Waals surface area contributed by atoms with Crippen molar-refractivity contribution < 1.29 is 32.3 Å². The Bertz CT molecular complexity index is 1060. The van der Waals surface area contributed by atoms with E-state index in [1.807, 2.05) is 18.7 Å². The minimum absolute atomic E-state index is 0.0467. The molecule has 1 saturated heterocycles. The van der Waals surface area contributed by atoms with Crippen molar-refractivity contribution in [3.05, 3.63) is 47.3 Å². The lowest BCUT2D eigenvalue weighted by Crippen LogP contribution is -2.51. The van der Waals surface area contributed by atoms with Crippen LogP contribution in [0.1, 0.15) is 47.2 Å². The molecular formula is C23H28F3N5O4. The van der Waals surface area contributed by atoms with E-state index in [2.05, 4.69) is 10.4 Å². The number of halogens is 3. The summed E-state index contributed by atoms with van der Waals surface area (Å²) in [4.78, 5) is 40.4. The maximum atomic E-state index is 13.7. The summed E-state index contributed by atoms with van der Waals surface area (Å²) in [7, 11) is 0. The van der Waals surface area contributed by atoms with E-state index in [1.165, 1.54) is 31.2 Å². The average Bonchev–Trinajstić information content (AvgIpc) is 3.25. The molecule has 9 nitrogen and oxygen atoms in total. The predicted molar refractivity (Wildman–Crippen MR) is 120 cm³/mol. The number of esters is 1. The summed E-state index contributed by atoms with van der Waals surface area (Å²) >= 11 is 0. The topological polar surface area (TPSA) is 96.8 Å². The molecule has 1 fully saturated rings. The Labute approximate surface area is 200 Å². The molecule has 12 heteroatoms. The first-order chi connectivity index (χ1) is 16.5. The van der Waals surface area contributed by atoms with Crippen molar-refractivity contribution in [1.82, 2.24) is 24.9 Å². The van der Waals surface area contributed by atoms with Gasteiger partial charge in [-0.1, -0.05) is 0 Å². The largest absolute Gasteiger partial charge is 0.462 e. The normalized spacial score (nSPS) is 14.8. The number of aromatic nitrogens is 2. The van der Waals surface area contributed by atoms with Crippen LogP contribution in [0.25, 0.3) is 5.69 Å². The van der Waals surface area contributed by atoms with Crippen molar-refractivity contribution in [3.63, 3.8) is 0 Å². The molecule has 0 aliphatic carbocycles. The molecule has 0 radical (unpaired) electrons. The van der Waals surface area contributed by atoms with Crippen LogP contribution in [0.3, 0.4) is 0 Å². The Morgan fingerprint density at radius 3 is 2.26 bits per heavy atom. The number of piperazine rings is 1. The number of amides is 2. The zero-order chi connectivity index (χ0) is 25.8. The molecule has 3 rings (SSSR count). The van der Waals surface area contributed by atoms with E-state index in [9.17, 15) is 27.6 Å². The van der Waals surface area contributed by atoms with Crippen LogP contribution in [-0.4, -0.2) is 82.7 Å². The Kier molecular flexibility index (Phi) is 8.15. The summed E-state index contributed by atoms with van der Waals surface area (Å²) in [5, 5.41) is 6.56. The lowest BCUT2D eigenvalue weighted by molar-refractivity contribution is -0.143. The highest BCUT2D eigenvalue weighted by Crippen LogP contribution is 2.34. The number of hydrogen-bond donors (Lipinski definition) is 1. The summed E-state index contributed by atoms with van der Waals surface area (Å²) in [5.74, 6) is -1.44. The summed E-state index contributed by atoms with van der Waals surface area (Å²) < 4.78 is 46.4. The molecule has 1 aromatic carbocycles. The van der Waals surface area contributed by atoms with Gasteiger partial charge >= 0.3 is 12.1 Å². The van der Waals surface area contributed by atoms with Crippen molar-refractivity contribution in [1.29, 1.82) is 0 Å². The molecule has 2 amide bonds. The van der Waals surface area contributed by atoms with E-state index in [0.717, 1.165) is 6.20 Å². The highest BCUT2D eigenvalue weighted by molar-refractivity contribution is 5.94. The van der Waals surface area contributed by atoms with Gasteiger partial charge in [0.25, 0.3) is 5.91 Å². The fraction of sp³-hybridized carbons (Fsp3) is 0.478. The van der Waals surface area contributed by atoms with E-state index in [-0.39, 0.29) is 36.7 Å². The number of rotatable bonds is 7. The molecule has 1 N–H and O–H groups in total. The van der Waals surface area contributed by atoms with Gasteiger partial charge in [0, 0.05) is 37.8 Å². The third-order valence-electron chi connectivity index (χ3n) is 5.37. The molecule has 2 aromatic rings. The van der Waals surface area contributed by atoms with Crippen molar-refractivity contribution in [2.45, 2.75) is 33.0 Å². The number of carbonyl (C=O) groups excluding carboxylic acids is 3. The number of nitrogens with one attached hydrogen (secondary N) is 1. The van der Waals surface area contributed by atoms with Gasteiger partial charge < -0.3 is 15.0 Å². The third kappa shape index (κ3) is 6.38. The Morgan fingerprint density at radius 2 is 1.71 bits per heavy atom. The van der Waals surface area contributed by atoms with Crippen molar-refractivity contribution in [2.75, 3.05) is 39.3 Å². The summed E-state index contributed by atoms with van der Waals surface area (Å²) in [5.41, 5.74) is -1.57. The monoisotopic (exact) mass is 495 g/mol. The van der Waals surface area contributed by atoms with E-state index >= 15 is 0 Å². The van der Waals surface area contributed by atoms with E-state index in [1.54, 1.807) is 4.90 Å². The molecule has 190 valence electrons. The van der Waals surface area contributed by atoms with Gasteiger partial charge in [0.2, 0.25) is 5.91 Å². The molecule has 35 heavy (non-hydrogen) atoms. The summed E-state index contributed by atoms with van der Waals surface area (Å²) in [6.45, 7) is 7.37. The van der Waals surface area contributed by atoms with Crippen LogP contribution in [0.15, 0.2) is 30.5 Å². The highest BCUT2D eigenvalue weighted by Gasteiger charge is 2.41. The van der Waals surface area contributed by atoms with E-state index < -0.39 is 23.4 Å². The zero-order valence-corrected chi connectivity index (χ0v) is 19.8. The lowest BCUT2D eigenvalue weighted by Gasteiger charge is -2.34. The standard InChI is InChI=1S/C23H28F3N5O4/c1-4-35-22(34)18-13-27-31(20(18)23(24,25)26)17-7-5-16(6-8-17)21(33)30-11-9-29(10-12-30)14-19(32)28-15(2)3/h5-8,13,15H,4,9-12,14H2,1-3H3,(H,28,32). The SMILES string of the molecule is CCOC(=O)c1cnn(-c2ccc(C(=O)N3CCN(CC(=O)NC(C)C)CC3)cc2)c1C(F)(F)F. The maximum absolute atomic E-state index is 13.7. The van der Waals surface area contributed by atoms with Crippen LogP contribution < -0.4 is 5.32 Å². The van der Waals surface area contributed by atoms with Crippen LogP contribution in [-0.2, 0) is 15.7 Å². The molecule has 0 saturated carbocycles. The smallest absolute Gasteiger partial charge is 0.434 e. The number of nitrogens with zero attached hydrogens (tertiary/aromatic N) is 4. The van der Waals surface area contributed by atoms with Gasteiger partial charge in [0.1, 0.15) is 5.56 Å². The molecule has 0 spiro atoms. The van der Waals surface area contributed by atoms with Gasteiger partial charge in [0.15, 0.2) is 5.69 Å². The van der Waals surface area contributed by atoms with Gasteiger partial charge in [-0.15, -0.1) is 0 Å². The van der Waals surface area contributed by atoms with Gasteiger partial charge in [-0.2, -0.15) is 18.3 Å². The van der Waals surface area contributed by atoms with Crippen LogP contribution in [0.5, 0.6) is 0 Å². The minimum atomic E-state index is -4.85. The molecule has 1 aliphatic heterocycles.